The van der Waals surface area contributed by atoms with Crippen LogP contribution in [-0.2, 0) is 0 Å². The topological polar surface area (TPSA) is 46.5 Å². The van der Waals surface area contributed by atoms with Crippen LogP contribution in [0.3, 0.4) is 0 Å². The fourth-order valence-corrected chi connectivity index (χ4v) is 2.59. The highest BCUT2D eigenvalue weighted by Gasteiger charge is 2.18. The van der Waals surface area contributed by atoms with Crippen LogP contribution >= 0.6 is 0 Å². The first-order valence-electron chi connectivity index (χ1n) is 8.39. The molecule has 0 aromatic heterocycles. The minimum absolute atomic E-state index is 0.0110. The molecule has 24 heavy (non-hydrogen) atoms. The standard InChI is InChI=1S/C21H26O3/c1-13(2)18-10-16(11-19(14(3)4)21(18)23)20(22)12-24-17-8-6-15(5)7-9-17/h6-11,13-14,23H,12H2,1-5H3. The van der Waals surface area contributed by atoms with Gasteiger partial charge >= 0.3 is 0 Å². The summed E-state index contributed by atoms with van der Waals surface area (Å²) < 4.78 is 5.60. The van der Waals surface area contributed by atoms with Gasteiger partial charge in [-0.25, -0.2) is 0 Å². The Kier molecular flexibility index (Phi) is 5.66. The molecular weight excluding hydrogens is 300 g/mol. The lowest BCUT2D eigenvalue weighted by Crippen LogP contribution is -2.13. The van der Waals surface area contributed by atoms with Crippen LogP contribution < -0.4 is 4.74 Å². The zero-order valence-electron chi connectivity index (χ0n) is 15.1. The highest BCUT2D eigenvalue weighted by molar-refractivity contribution is 5.98. The normalized spacial score (nSPS) is 11.1. The summed E-state index contributed by atoms with van der Waals surface area (Å²) in [5.41, 5.74) is 3.35. The number of phenolic OH excluding ortho intramolecular Hbond substituents is 1. The van der Waals surface area contributed by atoms with Gasteiger partial charge in [0.1, 0.15) is 11.5 Å². The maximum absolute atomic E-state index is 12.5. The third kappa shape index (κ3) is 4.16. The van der Waals surface area contributed by atoms with Gasteiger partial charge in [0.05, 0.1) is 0 Å². The second-order valence-electron chi connectivity index (χ2n) is 6.84. The van der Waals surface area contributed by atoms with Crippen molar-refractivity contribution >= 4 is 5.78 Å². The molecule has 0 aliphatic rings. The number of ether oxygens (including phenoxy) is 1. The third-order valence-electron chi connectivity index (χ3n) is 4.13. The molecule has 2 aromatic carbocycles. The zero-order valence-corrected chi connectivity index (χ0v) is 15.1. The number of hydrogen-bond acceptors (Lipinski definition) is 3. The van der Waals surface area contributed by atoms with Gasteiger partial charge in [0.25, 0.3) is 0 Å². The molecule has 3 heteroatoms. The van der Waals surface area contributed by atoms with Crippen LogP contribution in [-0.4, -0.2) is 17.5 Å². The molecule has 0 saturated carbocycles. The molecular formula is C21H26O3. The van der Waals surface area contributed by atoms with Gasteiger partial charge in [-0.05, 0) is 54.2 Å². The van der Waals surface area contributed by atoms with E-state index in [1.54, 1.807) is 12.1 Å². The average Bonchev–Trinajstić information content (AvgIpc) is 2.53. The molecule has 0 bridgehead atoms. The van der Waals surface area contributed by atoms with E-state index in [-0.39, 0.29) is 24.2 Å². The van der Waals surface area contributed by atoms with Crippen LogP contribution in [0.5, 0.6) is 11.5 Å². The highest BCUT2D eigenvalue weighted by Crippen LogP contribution is 2.34. The average molecular weight is 326 g/mol. The van der Waals surface area contributed by atoms with Crippen molar-refractivity contribution in [2.45, 2.75) is 46.5 Å². The Morgan fingerprint density at radius 2 is 1.50 bits per heavy atom. The van der Waals surface area contributed by atoms with Crippen molar-refractivity contribution in [3.05, 3.63) is 58.7 Å². The molecule has 128 valence electrons. The molecule has 3 nitrogen and oxygen atoms in total. The number of aromatic hydroxyl groups is 1. The van der Waals surface area contributed by atoms with Crippen molar-refractivity contribution in [2.75, 3.05) is 6.61 Å². The fourth-order valence-electron chi connectivity index (χ4n) is 2.59. The monoisotopic (exact) mass is 326 g/mol. The first-order valence-corrected chi connectivity index (χ1v) is 8.39. The number of phenols is 1. The number of ketones is 1. The molecule has 0 aliphatic carbocycles. The van der Waals surface area contributed by atoms with Gasteiger partial charge in [-0.1, -0.05) is 45.4 Å². The van der Waals surface area contributed by atoms with Crippen molar-refractivity contribution in [3.8, 4) is 11.5 Å². The van der Waals surface area contributed by atoms with E-state index >= 15 is 0 Å². The lowest BCUT2D eigenvalue weighted by Gasteiger charge is -2.17. The van der Waals surface area contributed by atoms with Crippen molar-refractivity contribution in [1.82, 2.24) is 0 Å². The molecule has 2 rings (SSSR count). The first-order chi connectivity index (χ1) is 11.3. The lowest BCUT2D eigenvalue weighted by atomic mass is 9.90. The Bertz CT molecular complexity index is 683. The molecule has 0 saturated heterocycles. The van der Waals surface area contributed by atoms with E-state index in [4.69, 9.17) is 4.74 Å². The number of aryl methyl sites for hydroxylation is 1. The molecule has 0 heterocycles. The second kappa shape index (κ2) is 7.52. The Morgan fingerprint density at radius 3 is 1.96 bits per heavy atom. The van der Waals surface area contributed by atoms with Gasteiger partial charge in [-0.15, -0.1) is 0 Å². The number of carbonyl (C=O) groups is 1. The number of rotatable bonds is 6. The largest absolute Gasteiger partial charge is 0.507 e. The van der Waals surface area contributed by atoms with Crippen LogP contribution in [0.15, 0.2) is 36.4 Å². The highest BCUT2D eigenvalue weighted by atomic mass is 16.5. The molecule has 0 radical (unpaired) electrons. The minimum atomic E-state index is -0.0839. The van der Waals surface area contributed by atoms with E-state index in [2.05, 4.69) is 0 Å². The van der Waals surface area contributed by atoms with E-state index in [9.17, 15) is 9.90 Å². The Labute approximate surface area is 144 Å². The molecule has 0 fully saturated rings. The second-order valence-corrected chi connectivity index (χ2v) is 6.84. The summed E-state index contributed by atoms with van der Waals surface area (Å²) >= 11 is 0. The molecule has 0 unspecified atom stereocenters. The quantitative estimate of drug-likeness (QED) is 0.741. The Balaban J connectivity index is 2.23. The van der Waals surface area contributed by atoms with Gasteiger partial charge in [0.2, 0.25) is 0 Å². The Hall–Kier alpha value is -2.29. The Morgan fingerprint density at radius 1 is 1.00 bits per heavy atom. The van der Waals surface area contributed by atoms with Gasteiger partial charge in [0, 0.05) is 5.56 Å². The zero-order chi connectivity index (χ0) is 17.9. The van der Waals surface area contributed by atoms with Gasteiger partial charge in [0.15, 0.2) is 12.4 Å². The van der Waals surface area contributed by atoms with E-state index in [0.717, 1.165) is 16.7 Å². The lowest BCUT2D eigenvalue weighted by molar-refractivity contribution is 0.0921. The minimum Gasteiger partial charge on any atom is -0.507 e. The summed E-state index contributed by atoms with van der Waals surface area (Å²) in [7, 11) is 0. The predicted octanol–water partition coefficient (Wildman–Crippen LogP) is 5.21. The van der Waals surface area contributed by atoms with Crippen molar-refractivity contribution in [1.29, 1.82) is 0 Å². The number of hydrogen-bond donors (Lipinski definition) is 1. The van der Waals surface area contributed by atoms with Gasteiger partial charge in [-0.3, -0.25) is 4.79 Å². The summed E-state index contributed by atoms with van der Waals surface area (Å²) in [5, 5.41) is 10.4. The third-order valence-corrected chi connectivity index (χ3v) is 4.13. The van der Waals surface area contributed by atoms with Crippen LogP contribution in [0.1, 0.15) is 66.6 Å². The van der Waals surface area contributed by atoms with E-state index < -0.39 is 0 Å². The van der Waals surface area contributed by atoms with Crippen molar-refractivity contribution in [2.24, 2.45) is 0 Å². The summed E-state index contributed by atoms with van der Waals surface area (Å²) in [4.78, 5) is 12.5. The molecule has 0 atom stereocenters. The van der Waals surface area contributed by atoms with Gasteiger partial charge < -0.3 is 9.84 Å². The summed E-state index contributed by atoms with van der Waals surface area (Å²) in [6.45, 7) is 10.0. The molecule has 0 spiro atoms. The molecule has 0 amide bonds. The van der Waals surface area contributed by atoms with E-state index in [1.807, 2.05) is 58.9 Å². The van der Waals surface area contributed by atoms with Gasteiger partial charge in [-0.2, -0.15) is 0 Å². The van der Waals surface area contributed by atoms with Crippen LogP contribution in [0, 0.1) is 6.92 Å². The van der Waals surface area contributed by atoms with Crippen molar-refractivity contribution < 1.29 is 14.6 Å². The molecule has 2 aromatic rings. The van der Waals surface area contributed by atoms with E-state index in [0.29, 0.717) is 17.1 Å². The summed E-state index contributed by atoms with van der Waals surface area (Å²) in [6.07, 6.45) is 0. The van der Waals surface area contributed by atoms with Crippen LogP contribution in [0.4, 0.5) is 0 Å². The SMILES string of the molecule is Cc1ccc(OCC(=O)c2cc(C(C)C)c(O)c(C(C)C)c2)cc1. The van der Waals surface area contributed by atoms with Crippen LogP contribution in [0.2, 0.25) is 0 Å². The molecule has 0 aliphatic heterocycles. The molecule has 1 N–H and O–H groups in total. The number of benzene rings is 2. The summed E-state index contributed by atoms with van der Waals surface area (Å²) in [5.74, 6) is 1.19. The maximum atomic E-state index is 12.5. The first kappa shape index (κ1) is 18.1. The van der Waals surface area contributed by atoms with Crippen molar-refractivity contribution in [3.63, 3.8) is 0 Å². The maximum Gasteiger partial charge on any atom is 0.200 e. The fraction of sp³-hybridized carbons (Fsp3) is 0.381. The van der Waals surface area contributed by atoms with E-state index in [1.165, 1.54) is 0 Å². The smallest absolute Gasteiger partial charge is 0.200 e. The summed E-state index contributed by atoms with van der Waals surface area (Å²) in [6, 6.07) is 11.2. The number of carbonyl (C=O) groups excluding carboxylic acids is 1. The predicted molar refractivity (Wildman–Crippen MR) is 97.3 cm³/mol. The number of Topliss-reactive ketones (excluding diaryl/α,β-unsaturated/α-hetero) is 1. The van der Waals surface area contributed by atoms with Crippen LogP contribution in [0.25, 0.3) is 0 Å².